The summed E-state index contributed by atoms with van der Waals surface area (Å²) in [4.78, 5) is 0. The molecule has 0 radical (unpaired) electrons. The minimum atomic E-state index is 0.901. The molecule has 0 amide bonds. The highest BCUT2D eigenvalue weighted by Crippen LogP contribution is 2.23. The Hall–Kier alpha value is -1.28. The van der Waals surface area contributed by atoms with E-state index in [-0.39, 0.29) is 0 Å². The smallest absolute Gasteiger partial charge is 0.138 e. The maximum atomic E-state index is 5.61. The van der Waals surface area contributed by atoms with Gasteiger partial charge in [-0.25, -0.2) is 0 Å². The van der Waals surface area contributed by atoms with Gasteiger partial charge in [0.15, 0.2) is 0 Å². The SMILES string of the molecule is Cc1cccc(Oc2ccsc2)c1. The lowest BCUT2D eigenvalue weighted by molar-refractivity contribution is 0.484. The first-order valence-corrected chi connectivity index (χ1v) is 5.05. The summed E-state index contributed by atoms with van der Waals surface area (Å²) in [6.45, 7) is 2.06. The Labute approximate surface area is 81.6 Å². The quantitative estimate of drug-likeness (QED) is 0.699. The van der Waals surface area contributed by atoms with Gasteiger partial charge in [-0.1, -0.05) is 12.1 Å². The van der Waals surface area contributed by atoms with Crippen LogP contribution in [0.1, 0.15) is 5.56 Å². The molecule has 0 aliphatic rings. The van der Waals surface area contributed by atoms with Crippen LogP contribution in [0.25, 0.3) is 0 Å². The number of aryl methyl sites for hydroxylation is 1. The van der Waals surface area contributed by atoms with Gasteiger partial charge in [0.2, 0.25) is 0 Å². The molecule has 0 aliphatic heterocycles. The minimum absolute atomic E-state index is 0.901. The third-order valence-corrected chi connectivity index (χ3v) is 2.38. The number of benzene rings is 1. The molecule has 0 aliphatic carbocycles. The molecule has 1 heterocycles. The van der Waals surface area contributed by atoms with Crippen molar-refractivity contribution < 1.29 is 4.74 Å². The lowest BCUT2D eigenvalue weighted by Crippen LogP contribution is -1.81. The second-order valence-corrected chi connectivity index (χ2v) is 3.66. The van der Waals surface area contributed by atoms with Crippen LogP contribution < -0.4 is 4.74 Å². The Morgan fingerprint density at radius 2 is 2.08 bits per heavy atom. The largest absolute Gasteiger partial charge is 0.456 e. The van der Waals surface area contributed by atoms with Gasteiger partial charge in [0.1, 0.15) is 11.5 Å². The Morgan fingerprint density at radius 1 is 1.15 bits per heavy atom. The first kappa shape index (κ1) is 8.32. The monoisotopic (exact) mass is 190 g/mol. The van der Waals surface area contributed by atoms with Gasteiger partial charge >= 0.3 is 0 Å². The zero-order valence-corrected chi connectivity index (χ0v) is 8.17. The first-order valence-electron chi connectivity index (χ1n) is 4.11. The summed E-state index contributed by atoms with van der Waals surface area (Å²) < 4.78 is 5.61. The molecule has 1 aromatic heterocycles. The standard InChI is InChI=1S/C11H10OS/c1-9-3-2-4-10(7-9)12-11-5-6-13-8-11/h2-8H,1H3. The highest BCUT2D eigenvalue weighted by molar-refractivity contribution is 7.08. The Morgan fingerprint density at radius 3 is 2.77 bits per heavy atom. The molecule has 0 fully saturated rings. The van der Waals surface area contributed by atoms with E-state index in [1.165, 1.54) is 5.56 Å². The molecule has 66 valence electrons. The van der Waals surface area contributed by atoms with E-state index in [4.69, 9.17) is 4.74 Å². The molecular formula is C11H10OS. The van der Waals surface area contributed by atoms with Crippen LogP contribution in [0.3, 0.4) is 0 Å². The number of rotatable bonds is 2. The molecular weight excluding hydrogens is 180 g/mol. The van der Waals surface area contributed by atoms with E-state index in [1.54, 1.807) is 11.3 Å². The van der Waals surface area contributed by atoms with E-state index in [1.807, 2.05) is 35.0 Å². The Bertz CT molecular complexity index is 379. The van der Waals surface area contributed by atoms with Crippen LogP contribution in [0.4, 0.5) is 0 Å². The zero-order valence-electron chi connectivity index (χ0n) is 7.36. The number of thiophene rings is 1. The van der Waals surface area contributed by atoms with Crippen LogP contribution in [0.5, 0.6) is 11.5 Å². The normalized spacial score (nSPS) is 9.92. The third-order valence-electron chi connectivity index (χ3n) is 1.72. The molecule has 2 rings (SSSR count). The van der Waals surface area contributed by atoms with E-state index in [2.05, 4.69) is 13.0 Å². The highest BCUT2D eigenvalue weighted by atomic mass is 32.1. The summed E-state index contributed by atoms with van der Waals surface area (Å²) in [5, 5.41) is 3.99. The van der Waals surface area contributed by atoms with Crippen LogP contribution in [-0.2, 0) is 0 Å². The summed E-state index contributed by atoms with van der Waals surface area (Å²) in [5.74, 6) is 1.81. The van der Waals surface area contributed by atoms with Crippen molar-refractivity contribution >= 4 is 11.3 Å². The molecule has 0 saturated heterocycles. The molecule has 0 saturated carbocycles. The van der Waals surface area contributed by atoms with Gasteiger partial charge in [0.05, 0.1) is 0 Å². The van der Waals surface area contributed by atoms with E-state index in [0.717, 1.165) is 11.5 Å². The zero-order chi connectivity index (χ0) is 9.10. The predicted octanol–water partition coefficient (Wildman–Crippen LogP) is 3.85. The van der Waals surface area contributed by atoms with Crippen LogP contribution >= 0.6 is 11.3 Å². The van der Waals surface area contributed by atoms with E-state index in [9.17, 15) is 0 Å². The molecule has 0 atom stereocenters. The average Bonchev–Trinajstić information content (AvgIpc) is 2.57. The second kappa shape index (κ2) is 3.62. The second-order valence-electron chi connectivity index (χ2n) is 2.88. The Kier molecular flexibility index (Phi) is 2.32. The summed E-state index contributed by atoms with van der Waals surface area (Å²) in [5.41, 5.74) is 1.22. The molecule has 13 heavy (non-hydrogen) atoms. The molecule has 0 N–H and O–H groups in total. The van der Waals surface area contributed by atoms with Gasteiger partial charge in [0.25, 0.3) is 0 Å². The molecule has 0 bridgehead atoms. The predicted molar refractivity (Wildman–Crippen MR) is 55.6 cm³/mol. The van der Waals surface area contributed by atoms with Crippen molar-refractivity contribution in [1.82, 2.24) is 0 Å². The maximum Gasteiger partial charge on any atom is 0.138 e. The molecule has 2 heteroatoms. The fraction of sp³-hybridized carbons (Fsp3) is 0.0909. The molecule has 1 nitrogen and oxygen atoms in total. The summed E-state index contributed by atoms with van der Waals surface area (Å²) in [7, 11) is 0. The van der Waals surface area contributed by atoms with Crippen LogP contribution in [0.2, 0.25) is 0 Å². The van der Waals surface area contributed by atoms with Gasteiger partial charge < -0.3 is 4.74 Å². The molecule has 0 unspecified atom stereocenters. The van der Waals surface area contributed by atoms with Crippen molar-refractivity contribution in [1.29, 1.82) is 0 Å². The summed E-state index contributed by atoms with van der Waals surface area (Å²) >= 11 is 1.64. The van der Waals surface area contributed by atoms with E-state index in [0.29, 0.717) is 0 Å². The van der Waals surface area contributed by atoms with Gasteiger partial charge in [0, 0.05) is 5.38 Å². The lowest BCUT2D eigenvalue weighted by Gasteiger charge is -2.02. The van der Waals surface area contributed by atoms with Gasteiger partial charge in [-0.3, -0.25) is 0 Å². The van der Waals surface area contributed by atoms with Gasteiger partial charge in [-0.05, 0) is 36.1 Å². The van der Waals surface area contributed by atoms with Crippen LogP contribution in [0.15, 0.2) is 41.1 Å². The lowest BCUT2D eigenvalue weighted by atomic mass is 10.2. The fourth-order valence-corrected chi connectivity index (χ4v) is 1.68. The number of hydrogen-bond acceptors (Lipinski definition) is 2. The maximum absolute atomic E-state index is 5.61. The van der Waals surface area contributed by atoms with Crippen molar-refractivity contribution in [2.75, 3.05) is 0 Å². The van der Waals surface area contributed by atoms with Gasteiger partial charge in [-0.2, -0.15) is 0 Å². The van der Waals surface area contributed by atoms with Crippen molar-refractivity contribution in [2.24, 2.45) is 0 Å². The van der Waals surface area contributed by atoms with Crippen molar-refractivity contribution in [3.05, 3.63) is 46.7 Å². The molecule has 0 spiro atoms. The first-order chi connectivity index (χ1) is 6.34. The number of hydrogen-bond donors (Lipinski definition) is 0. The average molecular weight is 190 g/mol. The highest BCUT2D eigenvalue weighted by Gasteiger charge is 1.96. The Balaban J connectivity index is 2.19. The van der Waals surface area contributed by atoms with Gasteiger partial charge in [-0.15, -0.1) is 11.3 Å². The van der Waals surface area contributed by atoms with E-state index >= 15 is 0 Å². The summed E-state index contributed by atoms with van der Waals surface area (Å²) in [6.07, 6.45) is 0. The van der Waals surface area contributed by atoms with Crippen molar-refractivity contribution in [3.63, 3.8) is 0 Å². The van der Waals surface area contributed by atoms with Crippen LogP contribution in [-0.4, -0.2) is 0 Å². The van der Waals surface area contributed by atoms with Crippen LogP contribution in [0, 0.1) is 6.92 Å². The minimum Gasteiger partial charge on any atom is -0.456 e. The van der Waals surface area contributed by atoms with Crippen molar-refractivity contribution in [3.8, 4) is 11.5 Å². The van der Waals surface area contributed by atoms with E-state index < -0.39 is 0 Å². The fourth-order valence-electron chi connectivity index (χ4n) is 1.12. The molecule has 1 aromatic carbocycles. The number of ether oxygens (including phenoxy) is 1. The molecule has 2 aromatic rings. The third kappa shape index (κ3) is 2.10. The summed E-state index contributed by atoms with van der Waals surface area (Å²) in [6, 6.07) is 10.0. The van der Waals surface area contributed by atoms with Crippen molar-refractivity contribution in [2.45, 2.75) is 6.92 Å². The topological polar surface area (TPSA) is 9.23 Å².